The Balaban J connectivity index is 1.64. The maximum absolute atomic E-state index is 14.6. The molecule has 170 valence electrons. The van der Waals surface area contributed by atoms with Crippen molar-refractivity contribution in [1.82, 2.24) is 0 Å². The molecule has 0 bridgehead atoms. The highest BCUT2D eigenvalue weighted by Gasteiger charge is 2.65. The summed E-state index contributed by atoms with van der Waals surface area (Å²) in [6, 6.07) is 11.5. The quantitative estimate of drug-likeness (QED) is 0.756. The van der Waals surface area contributed by atoms with Crippen molar-refractivity contribution < 1.29 is 13.9 Å². The fourth-order valence-corrected chi connectivity index (χ4v) is 5.86. The van der Waals surface area contributed by atoms with Crippen LogP contribution in [0.1, 0.15) is 54.9 Å². The number of methoxy groups -OCH3 is 2. The van der Waals surface area contributed by atoms with Gasteiger partial charge < -0.3 is 15.2 Å². The Morgan fingerprint density at radius 2 is 1.88 bits per heavy atom. The lowest BCUT2D eigenvalue weighted by Crippen LogP contribution is -2.58. The first-order valence-electron chi connectivity index (χ1n) is 11.2. The SMILES string of the molecule is COCc1cc(-c2ccc3c(c2)C2(N=C(C)C(N)=N2)C32CCC(OC)CC2)cc(C#N)c1F. The summed E-state index contributed by atoms with van der Waals surface area (Å²) in [6.07, 6.45) is 4.02. The molecule has 2 aliphatic carbocycles. The van der Waals surface area contributed by atoms with E-state index in [0.717, 1.165) is 48.1 Å². The predicted molar refractivity (Wildman–Crippen MR) is 125 cm³/mol. The van der Waals surface area contributed by atoms with Crippen molar-refractivity contribution in [2.45, 2.75) is 56.4 Å². The zero-order valence-corrected chi connectivity index (χ0v) is 19.1. The molecule has 1 unspecified atom stereocenters. The summed E-state index contributed by atoms with van der Waals surface area (Å²) in [5.41, 5.74) is 10.4. The first-order chi connectivity index (χ1) is 15.9. The van der Waals surface area contributed by atoms with E-state index in [4.69, 9.17) is 25.2 Å². The highest BCUT2D eigenvalue weighted by molar-refractivity contribution is 6.41. The van der Waals surface area contributed by atoms with Crippen molar-refractivity contribution >= 4 is 11.5 Å². The van der Waals surface area contributed by atoms with Gasteiger partial charge in [0.15, 0.2) is 5.66 Å². The van der Waals surface area contributed by atoms with Crippen LogP contribution < -0.4 is 5.73 Å². The zero-order valence-electron chi connectivity index (χ0n) is 19.1. The average molecular weight is 447 g/mol. The fraction of sp³-hybridized carbons (Fsp3) is 0.423. The number of aliphatic imine (C=N–C) groups is 2. The third-order valence-corrected chi connectivity index (χ3v) is 7.58. The highest BCUT2D eigenvalue weighted by atomic mass is 19.1. The topological polar surface area (TPSA) is 93.0 Å². The van der Waals surface area contributed by atoms with Crippen molar-refractivity contribution in [3.8, 4) is 17.2 Å². The van der Waals surface area contributed by atoms with E-state index < -0.39 is 11.5 Å². The van der Waals surface area contributed by atoms with Gasteiger partial charge >= 0.3 is 0 Å². The van der Waals surface area contributed by atoms with Crippen LogP contribution in [0.2, 0.25) is 0 Å². The molecule has 7 heteroatoms. The molecule has 33 heavy (non-hydrogen) atoms. The van der Waals surface area contributed by atoms with E-state index in [1.165, 1.54) is 12.7 Å². The Hall–Kier alpha value is -3.08. The van der Waals surface area contributed by atoms with Gasteiger partial charge in [-0.2, -0.15) is 5.26 Å². The lowest BCUT2D eigenvalue weighted by atomic mass is 9.50. The molecule has 1 saturated carbocycles. The zero-order chi connectivity index (χ0) is 23.4. The van der Waals surface area contributed by atoms with Crippen molar-refractivity contribution in [3.63, 3.8) is 0 Å². The molecule has 1 aliphatic heterocycles. The second-order valence-electron chi connectivity index (χ2n) is 9.19. The van der Waals surface area contributed by atoms with Gasteiger partial charge in [-0.25, -0.2) is 9.38 Å². The Bertz CT molecular complexity index is 1220. The van der Waals surface area contributed by atoms with Crippen LogP contribution in [0.25, 0.3) is 11.1 Å². The molecule has 3 aliphatic rings. The van der Waals surface area contributed by atoms with Crippen LogP contribution in [0, 0.1) is 17.1 Å². The molecule has 2 spiro atoms. The lowest BCUT2D eigenvalue weighted by Gasteiger charge is -2.57. The summed E-state index contributed by atoms with van der Waals surface area (Å²) in [7, 11) is 3.28. The molecule has 0 amide bonds. The van der Waals surface area contributed by atoms with Crippen LogP contribution in [-0.2, 0) is 27.2 Å². The molecule has 1 fully saturated rings. The first kappa shape index (κ1) is 21.7. The van der Waals surface area contributed by atoms with Crippen molar-refractivity contribution in [1.29, 1.82) is 5.26 Å². The molecule has 2 aromatic rings. The molecule has 0 saturated heterocycles. The van der Waals surface area contributed by atoms with Gasteiger partial charge in [0.05, 0.1) is 24.0 Å². The minimum atomic E-state index is -0.724. The van der Waals surface area contributed by atoms with Gasteiger partial charge in [0, 0.05) is 30.8 Å². The standard InChI is InChI=1S/C26H27FN4O2/c1-15-24(29)31-26(30-15)22-12-16(17-10-18(13-28)23(27)19(11-17)14-32-2)4-5-21(22)25(26)8-6-20(33-3)7-9-25/h4-5,10-12,20H,6-9,14H2,1-3H3,(H2,29,31). The largest absolute Gasteiger partial charge is 0.382 e. The van der Waals surface area contributed by atoms with Crippen LogP contribution in [0.3, 0.4) is 0 Å². The summed E-state index contributed by atoms with van der Waals surface area (Å²) < 4.78 is 25.3. The number of rotatable bonds is 4. The van der Waals surface area contributed by atoms with Crippen LogP contribution in [0.4, 0.5) is 4.39 Å². The maximum atomic E-state index is 14.6. The van der Waals surface area contributed by atoms with Gasteiger partial charge in [-0.05, 0) is 67.5 Å². The molecular weight excluding hydrogens is 419 g/mol. The third kappa shape index (κ3) is 2.98. The van der Waals surface area contributed by atoms with Crippen molar-refractivity contribution in [2.24, 2.45) is 15.7 Å². The minimum Gasteiger partial charge on any atom is -0.382 e. The van der Waals surface area contributed by atoms with Gasteiger partial charge in [-0.1, -0.05) is 12.1 Å². The average Bonchev–Trinajstić information content (AvgIpc) is 3.17. The summed E-state index contributed by atoms with van der Waals surface area (Å²) in [4.78, 5) is 9.94. The van der Waals surface area contributed by atoms with E-state index in [2.05, 4.69) is 12.1 Å². The Labute approximate surface area is 192 Å². The number of nitrogens with zero attached hydrogens (tertiary/aromatic N) is 3. The molecule has 1 atom stereocenters. The van der Waals surface area contributed by atoms with Gasteiger partial charge in [0.25, 0.3) is 0 Å². The third-order valence-electron chi connectivity index (χ3n) is 7.58. The molecule has 5 rings (SSSR count). The molecule has 0 radical (unpaired) electrons. The number of nitrogens with two attached hydrogens (primary N) is 1. The molecule has 0 aromatic heterocycles. The molecular formula is C26H27FN4O2. The van der Waals surface area contributed by atoms with E-state index >= 15 is 0 Å². The number of nitriles is 1. The summed E-state index contributed by atoms with van der Waals surface area (Å²) in [6.45, 7) is 2.00. The van der Waals surface area contributed by atoms with Gasteiger partial charge in [-0.3, -0.25) is 4.99 Å². The number of hydrogen-bond donors (Lipinski definition) is 1. The number of fused-ring (bicyclic) bond motifs is 4. The number of amidine groups is 1. The van der Waals surface area contributed by atoms with Crippen LogP contribution in [0.5, 0.6) is 0 Å². The van der Waals surface area contributed by atoms with Crippen LogP contribution in [0.15, 0.2) is 40.3 Å². The Morgan fingerprint density at radius 3 is 2.48 bits per heavy atom. The van der Waals surface area contributed by atoms with E-state index in [-0.39, 0.29) is 23.7 Å². The van der Waals surface area contributed by atoms with E-state index in [0.29, 0.717) is 11.4 Å². The molecule has 1 heterocycles. The second-order valence-corrected chi connectivity index (χ2v) is 9.19. The van der Waals surface area contributed by atoms with Crippen LogP contribution >= 0.6 is 0 Å². The Morgan fingerprint density at radius 1 is 1.12 bits per heavy atom. The number of ether oxygens (including phenoxy) is 2. The highest BCUT2D eigenvalue weighted by Crippen LogP contribution is 2.65. The minimum absolute atomic E-state index is 0.00306. The summed E-state index contributed by atoms with van der Waals surface area (Å²) >= 11 is 0. The van der Waals surface area contributed by atoms with Gasteiger partial charge in [0.1, 0.15) is 17.7 Å². The second kappa shape index (κ2) is 7.75. The van der Waals surface area contributed by atoms with E-state index in [9.17, 15) is 9.65 Å². The normalized spacial score (nSPS) is 27.7. The fourth-order valence-electron chi connectivity index (χ4n) is 5.86. The Kier molecular flexibility index (Phi) is 5.11. The van der Waals surface area contributed by atoms with Crippen molar-refractivity contribution in [3.05, 3.63) is 58.4 Å². The van der Waals surface area contributed by atoms with Crippen LogP contribution in [-0.4, -0.2) is 31.9 Å². The van der Waals surface area contributed by atoms with Gasteiger partial charge in [-0.15, -0.1) is 0 Å². The monoisotopic (exact) mass is 446 g/mol. The maximum Gasteiger partial charge on any atom is 0.188 e. The first-order valence-corrected chi connectivity index (χ1v) is 11.2. The predicted octanol–water partition coefficient (Wildman–Crippen LogP) is 4.34. The molecule has 2 N–H and O–H groups in total. The number of benzene rings is 2. The summed E-state index contributed by atoms with van der Waals surface area (Å²) in [5, 5.41) is 9.44. The lowest BCUT2D eigenvalue weighted by molar-refractivity contribution is 0.0148. The van der Waals surface area contributed by atoms with Crippen molar-refractivity contribution in [2.75, 3.05) is 14.2 Å². The number of hydrogen-bond acceptors (Lipinski definition) is 6. The van der Waals surface area contributed by atoms with E-state index in [1.807, 2.05) is 19.1 Å². The van der Waals surface area contributed by atoms with E-state index in [1.54, 1.807) is 19.2 Å². The smallest absolute Gasteiger partial charge is 0.188 e. The summed E-state index contributed by atoms with van der Waals surface area (Å²) in [5.74, 6) is -0.0547. The number of halogens is 1. The molecule has 2 aromatic carbocycles. The molecule has 6 nitrogen and oxygen atoms in total. The van der Waals surface area contributed by atoms with Gasteiger partial charge in [0.2, 0.25) is 0 Å².